The number of rotatable bonds is 4. The molecule has 1 saturated carbocycles. The highest BCUT2D eigenvalue weighted by molar-refractivity contribution is 5.40. The third-order valence-corrected chi connectivity index (χ3v) is 4.23. The van der Waals surface area contributed by atoms with Gasteiger partial charge in [0.15, 0.2) is 0 Å². The molecule has 1 aliphatic carbocycles. The van der Waals surface area contributed by atoms with Gasteiger partial charge in [-0.15, -0.1) is 0 Å². The van der Waals surface area contributed by atoms with Gasteiger partial charge >= 0.3 is 0 Å². The van der Waals surface area contributed by atoms with Crippen molar-refractivity contribution < 1.29 is 4.39 Å². The third-order valence-electron chi connectivity index (χ3n) is 4.23. The van der Waals surface area contributed by atoms with Crippen LogP contribution in [0.1, 0.15) is 47.9 Å². The molecular formula is C17H19FN2. The van der Waals surface area contributed by atoms with Gasteiger partial charge in [0.25, 0.3) is 0 Å². The number of hydrazine groups is 1. The first-order valence-electron chi connectivity index (χ1n) is 7.10. The smallest absolute Gasteiger partial charge is 0.128 e. The molecule has 104 valence electrons. The van der Waals surface area contributed by atoms with Gasteiger partial charge in [0, 0.05) is 5.56 Å². The van der Waals surface area contributed by atoms with Crippen molar-refractivity contribution in [1.82, 2.24) is 5.43 Å². The largest absolute Gasteiger partial charge is 0.271 e. The Balaban J connectivity index is 2.03. The summed E-state index contributed by atoms with van der Waals surface area (Å²) in [6, 6.07) is 14.7. The van der Waals surface area contributed by atoms with Crippen LogP contribution in [-0.2, 0) is 0 Å². The molecule has 2 nitrogen and oxygen atoms in total. The van der Waals surface area contributed by atoms with Crippen molar-refractivity contribution >= 4 is 0 Å². The van der Waals surface area contributed by atoms with Gasteiger partial charge in [-0.1, -0.05) is 48.9 Å². The van der Waals surface area contributed by atoms with Crippen LogP contribution < -0.4 is 11.3 Å². The zero-order valence-electron chi connectivity index (χ0n) is 11.4. The van der Waals surface area contributed by atoms with Gasteiger partial charge in [0.05, 0.1) is 6.04 Å². The highest BCUT2D eigenvalue weighted by Gasteiger charge is 2.26. The van der Waals surface area contributed by atoms with Crippen LogP contribution in [-0.4, -0.2) is 0 Å². The van der Waals surface area contributed by atoms with Gasteiger partial charge < -0.3 is 0 Å². The Morgan fingerprint density at radius 1 is 1.00 bits per heavy atom. The third kappa shape index (κ3) is 2.35. The lowest BCUT2D eigenvalue weighted by molar-refractivity contribution is 0.413. The van der Waals surface area contributed by atoms with E-state index in [1.165, 1.54) is 30.9 Å². The summed E-state index contributed by atoms with van der Waals surface area (Å²) >= 11 is 0. The summed E-state index contributed by atoms with van der Waals surface area (Å²) in [5.41, 5.74) is 5.76. The number of benzene rings is 2. The number of nitrogens with two attached hydrogens (primary N) is 1. The minimum Gasteiger partial charge on any atom is -0.271 e. The summed E-state index contributed by atoms with van der Waals surface area (Å²) in [6.07, 6.45) is 3.70. The molecule has 3 N–H and O–H groups in total. The molecule has 0 bridgehead atoms. The molecule has 0 saturated heterocycles. The lowest BCUT2D eigenvalue weighted by Crippen LogP contribution is -2.31. The summed E-state index contributed by atoms with van der Waals surface area (Å²) in [6.45, 7) is 0. The van der Waals surface area contributed by atoms with E-state index in [4.69, 9.17) is 5.84 Å². The van der Waals surface area contributed by atoms with Crippen LogP contribution in [0.5, 0.6) is 0 Å². The van der Waals surface area contributed by atoms with Crippen LogP contribution in [0.25, 0.3) is 0 Å². The Hall–Kier alpha value is -1.71. The number of halogens is 1. The van der Waals surface area contributed by atoms with E-state index < -0.39 is 0 Å². The van der Waals surface area contributed by atoms with Crippen molar-refractivity contribution in [3.63, 3.8) is 0 Å². The lowest BCUT2D eigenvalue weighted by atomic mass is 9.76. The topological polar surface area (TPSA) is 38.0 Å². The Labute approximate surface area is 118 Å². The maximum atomic E-state index is 14.0. The molecule has 1 aliphatic rings. The maximum Gasteiger partial charge on any atom is 0.128 e. The zero-order chi connectivity index (χ0) is 13.9. The van der Waals surface area contributed by atoms with Gasteiger partial charge in [-0.3, -0.25) is 5.84 Å². The van der Waals surface area contributed by atoms with Gasteiger partial charge in [0.1, 0.15) is 5.82 Å². The molecule has 3 heteroatoms. The Morgan fingerprint density at radius 3 is 2.25 bits per heavy atom. The van der Waals surface area contributed by atoms with Crippen molar-refractivity contribution in [2.24, 2.45) is 5.84 Å². The fourth-order valence-electron chi connectivity index (χ4n) is 2.92. The molecule has 0 spiro atoms. The van der Waals surface area contributed by atoms with Crippen LogP contribution in [0.4, 0.5) is 4.39 Å². The summed E-state index contributed by atoms with van der Waals surface area (Å²) in [7, 11) is 0. The van der Waals surface area contributed by atoms with E-state index in [1.807, 2.05) is 24.3 Å². The van der Waals surface area contributed by atoms with Crippen LogP contribution in [0.3, 0.4) is 0 Å². The van der Waals surface area contributed by atoms with Crippen LogP contribution in [0.2, 0.25) is 0 Å². The average molecular weight is 270 g/mol. The minimum absolute atomic E-state index is 0.223. The second-order valence-corrected chi connectivity index (χ2v) is 5.38. The van der Waals surface area contributed by atoms with Crippen molar-refractivity contribution in [2.45, 2.75) is 31.2 Å². The second-order valence-electron chi connectivity index (χ2n) is 5.38. The van der Waals surface area contributed by atoms with E-state index in [2.05, 4.69) is 11.5 Å². The van der Waals surface area contributed by atoms with E-state index in [0.717, 1.165) is 5.56 Å². The molecule has 2 aromatic rings. The second kappa shape index (κ2) is 5.73. The molecule has 0 amide bonds. The Morgan fingerprint density at radius 2 is 1.65 bits per heavy atom. The van der Waals surface area contributed by atoms with Crippen molar-refractivity contribution in [2.75, 3.05) is 0 Å². The minimum atomic E-state index is -0.298. The average Bonchev–Trinajstić information content (AvgIpc) is 2.41. The van der Waals surface area contributed by atoms with Crippen LogP contribution in [0.15, 0.2) is 48.5 Å². The highest BCUT2D eigenvalue weighted by atomic mass is 19.1. The normalized spacial score (nSPS) is 16.7. The van der Waals surface area contributed by atoms with Gasteiger partial charge in [-0.2, -0.15) is 0 Å². The molecule has 20 heavy (non-hydrogen) atoms. The molecular weight excluding hydrogens is 251 g/mol. The van der Waals surface area contributed by atoms with E-state index >= 15 is 0 Å². The maximum absolute atomic E-state index is 14.0. The summed E-state index contributed by atoms with van der Waals surface area (Å²) in [5, 5.41) is 0. The highest BCUT2D eigenvalue weighted by Crippen LogP contribution is 2.40. The molecule has 0 aromatic heterocycles. The van der Waals surface area contributed by atoms with Crippen molar-refractivity contribution in [1.29, 1.82) is 0 Å². The first kappa shape index (κ1) is 13.3. The quantitative estimate of drug-likeness (QED) is 0.657. The SMILES string of the molecule is NNC(c1ccccc1F)c1ccccc1C1CCC1. The Bertz CT molecular complexity index is 593. The fraction of sp³-hybridized carbons (Fsp3) is 0.294. The van der Waals surface area contributed by atoms with E-state index in [9.17, 15) is 4.39 Å². The van der Waals surface area contributed by atoms with Crippen LogP contribution >= 0.6 is 0 Å². The number of hydrogen-bond acceptors (Lipinski definition) is 2. The van der Waals surface area contributed by atoms with Crippen molar-refractivity contribution in [3.05, 3.63) is 71.0 Å². The van der Waals surface area contributed by atoms with E-state index in [1.54, 1.807) is 12.1 Å². The molecule has 3 rings (SSSR count). The molecule has 0 aliphatic heterocycles. The Kier molecular flexibility index (Phi) is 3.81. The fourth-order valence-corrected chi connectivity index (χ4v) is 2.92. The van der Waals surface area contributed by atoms with Crippen LogP contribution in [0, 0.1) is 5.82 Å². The summed E-state index contributed by atoms with van der Waals surface area (Å²) in [5.74, 6) is 6.09. The van der Waals surface area contributed by atoms with Gasteiger partial charge in [-0.05, 0) is 36.0 Å². The predicted octanol–water partition coefficient (Wildman–Crippen LogP) is 3.65. The van der Waals surface area contributed by atoms with Gasteiger partial charge in [0.2, 0.25) is 0 Å². The monoisotopic (exact) mass is 270 g/mol. The summed E-state index contributed by atoms with van der Waals surface area (Å²) < 4.78 is 14.0. The molecule has 1 fully saturated rings. The van der Waals surface area contributed by atoms with Crippen molar-refractivity contribution in [3.8, 4) is 0 Å². The molecule has 1 unspecified atom stereocenters. The lowest BCUT2D eigenvalue weighted by Gasteiger charge is -2.30. The molecule has 1 atom stereocenters. The number of hydrogen-bond donors (Lipinski definition) is 2. The molecule has 2 aromatic carbocycles. The van der Waals surface area contributed by atoms with Gasteiger partial charge in [-0.25, -0.2) is 9.82 Å². The first-order chi connectivity index (χ1) is 9.81. The van der Waals surface area contributed by atoms with E-state index in [-0.39, 0.29) is 11.9 Å². The molecule has 0 heterocycles. The predicted molar refractivity (Wildman–Crippen MR) is 78.6 cm³/mol. The summed E-state index contributed by atoms with van der Waals surface area (Å²) in [4.78, 5) is 0. The first-order valence-corrected chi connectivity index (χ1v) is 7.10. The standard InChI is InChI=1S/C17H19FN2/c18-16-11-4-3-10-15(16)17(20-19)14-9-2-1-8-13(14)12-6-5-7-12/h1-4,8-12,17,20H,5-7,19H2. The number of nitrogens with one attached hydrogen (secondary N) is 1. The van der Waals surface area contributed by atoms with E-state index in [0.29, 0.717) is 11.5 Å². The molecule has 0 radical (unpaired) electrons. The zero-order valence-corrected chi connectivity index (χ0v) is 11.4.